The van der Waals surface area contributed by atoms with Crippen molar-refractivity contribution in [3.8, 4) is 22.6 Å². The van der Waals surface area contributed by atoms with Gasteiger partial charge in [0.25, 0.3) is 5.89 Å². The third kappa shape index (κ3) is 4.21. The zero-order valence-corrected chi connectivity index (χ0v) is 20.6. The summed E-state index contributed by atoms with van der Waals surface area (Å²) >= 11 is 0. The molecule has 1 saturated carbocycles. The number of nitrogen functional groups attached to an aromatic ring is 1. The minimum atomic E-state index is -0.645. The third-order valence-electron chi connectivity index (χ3n) is 6.80. The maximum absolute atomic E-state index is 14.5. The molecular weight excluding hydrogens is 463 g/mol. The molecule has 1 aliphatic carbocycles. The average Bonchev–Trinajstić information content (AvgIpc) is 3.39. The number of amides is 1. The second-order valence-electron chi connectivity index (χ2n) is 9.52. The Balaban J connectivity index is 1.44. The summed E-state index contributed by atoms with van der Waals surface area (Å²) in [5, 5.41) is 8.57. The number of anilines is 1. The Kier molecular flexibility index (Phi) is 5.77. The number of rotatable bonds is 7. The molecule has 4 aromatic rings. The van der Waals surface area contributed by atoms with Crippen LogP contribution in [-0.2, 0) is 16.8 Å². The Morgan fingerprint density at radius 3 is 2.56 bits per heavy atom. The van der Waals surface area contributed by atoms with Gasteiger partial charge in [-0.3, -0.25) is 9.48 Å². The molecule has 1 unspecified atom stereocenters. The second-order valence-corrected chi connectivity index (χ2v) is 9.52. The van der Waals surface area contributed by atoms with Crippen LogP contribution in [0.2, 0.25) is 0 Å². The zero-order valence-electron chi connectivity index (χ0n) is 20.6. The van der Waals surface area contributed by atoms with Gasteiger partial charge in [0, 0.05) is 20.3 Å². The highest BCUT2D eigenvalue weighted by molar-refractivity contribution is 5.75. The van der Waals surface area contributed by atoms with Crippen molar-refractivity contribution >= 4 is 11.9 Å². The van der Waals surface area contributed by atoms with Crippen molar-refractivity contribution in [1.82, 2.24) is 34.8 Å². The average molecular weight is 491 g/mol. The summed E-state index contributed by atoms with van der Waals surface area (Å²) < 4.78 is 21.7. The number of carbonyl (C=O) groups is 1. The number of nitrogens with zero attached hydrogens (tertiary/aromatic N) is 7. The van der Waals surface area contributed by atoms with E-state index in [-0.39, 0.29) is 18.4 Å². The molecule has 1 amide bonds. The number of nitrogens with two attached hydrogens (primary N) is 1. The molecule has 1 atom stereocenters. The molecule has 1 aliphatic rings. The third-order valence-corrected chi connectivity index (χ3v) is 6.80. The maximum atomic E-state index is 14.5. The van der Waals surface area contributed by atoms with Gasteiger partial charge in [-0.15, -0.1) is 0 Å². The van der Waals surface area contributed by atoms with Crippen LogP contribution in [0.4, 0.5) is 10.3 Å². The van der Waals surface area contributed by atoms with Gasteiger partial charge in [0.1, 0.15) is 6.54 Å². The summed E-state index contributed by atoms with van der Waals surface area (Å²) in [6.45, 7) is 3.93. The van der Waals surface area contributed by atoms with Crippen molar-refractivity contribution in [1.29, 1.82) is 0 Å². The first kappa shape index (κ1) is 23.6. The number of aromatic nitrogens is 6. The number of hydrogen-bond donors (Lipinski definition) is 1. The molecule has 0 saturated heterocycles. The predicted molar refractivity (Wildman–Crippen MR) is 130 cm³/mol. The lowest BCUT2D eigenvalue weighted by Gasteiger charge is -2.27. The SMILES string of the molecule is Cc1nc(N)nc(F)c1-c1ccc(C(C)(c2noc(-c3cnn(CC(=O)N(C)C)c3)n2)C2CC2)cc1. The van der Waals surface area contributed by atoms with Crippen LogP contribution in [0.3, 0.4) is 0 Å². The van der Waals surface area contributed by atoms with E-state index in [0.29, 0.717) is 40.0 Å². The van der Waals surface area contributed by atoms with Crippen molar-refractivity contribution in [3.63, 3.8) is 0 Å². The first-order chi connectivity index (χ1) is 17.2. The van der Waals surface area contributed by atoms with Crippen LogP contribution in [0.1, 0.15) is 36.8 Å². The lowest BCUT2D eigenvalue weighted by Crippen LogP contribution is -2.28. The first-order valence-electron chi connectivity index (χ1n) is 11.6. The fourth-order valence-electron chi connectivity index (χ4n) is 4.47. The molecule has 3 aromatic heterocycles. The Morgan fingerprint density at radius 1 is 1.19 bits per heavy atom. The van der Waals surface area contributed by atoms with Gasteiger partial charge in [-0.2, -0.15) is 19.5 Å². The fraction of sp³-hybridized carbons (Fsp3) is 0.360. The summed E-state index contributed by atoms with van der Waals surface area (Å²) in [6, 6.07) is 7.63. The summed E-state index contributed by atoms with van der Waals surface area (Å²) in [6.07, 6.45) is 5.42. The molecule has 36 heavy (non-hydrogen) atoms. The van der Waals surface area contributed by atoms with Crippen LogP contribution >= 0.6 is 0 Å². The number of carbonyl (C=O) groups excluding carboxylic acids is 1. The van der Waals surface area contributed by atoms with Gasteiger partial charge in [0.15, 0.2) is 5.82 Å². The van der Waals surface area contributed by atoms with Crippen molar-refractivity contribution in [2.75, 3.05) is 19.8 Å². The van der Waals surface area contributed by atoms with Crippen LogP contribution in [-0.4, -0.2) is 54.8 Å². The van der Waals surface area contributed by atoms with Crippen molar-refractivity contribution in [3.05, 3.63) is 59.7 Å². The number of likely N-dealkylation sites (N-methyl/N-ethyl adjacent to an activating group) is 1. The number of hydrogen-bond acceptors (Lipinski definition) is 8. The molecule has 0 spiro atoms. The standard InChI is InChI=1S/C25H27FN8O2/c1-14-20(21(26)30-24(27)29-14)15-5-7-17(8-6-15)25(2,18-9-10-18)23-31-22(36-32-23)16-11-28-34(12-16)13-19(35)33(3)4/h5-8,11-12,18H,9-10,13H2,1-4H3,(H2,27,29,30). The minimum Gasteiger partial charge on any atom is -0.368 e. The topological polar surface area (TPSA) is 129 Å². The van der Waals surface area contributed by atoms with E-state index in [1.54, 1.807) is 38.1 Å². The summed E-state index contributed by atoms with van der Waals surface area (Å²) in [7, 11) is 3.40. The van der Waals surface area contributed by atoms with E-state index in [4.69, 9.17) is 15.2 Å². The van der Waals surface area contributed by atoms with Crippen LogP contribution in [0.5, 0.6) is 0 Å². The van der Waals surface area contributed by atoms with Crippen molar-refractivity contribution in [2.24, 2.45) is 5.92 Å². The highest BCUT2D eigenvalue weighted by atomic mass is 19.1. The van der Waals surface area contributed by atoms with E-state index in [0.717, 1.165) is 18.4 Å². The van der Waals surface area contributed by atoms with Crippen LogP contribution in [0.25, 0.3) is 22.6 Å². The van der Waals surface area contributed by atoms with Gasteiger partial charge < -0.3 is 15.2 Å². The normalized spacial score (nSPS) is 15.0. The Morgan fingerprint density at radius 2 is 1.92 bits per heavy atom. The summed E-state index contributed by atoms with van der Waals surface area (Å²) in [4.78, 5) is 26.0. The molecule has 186 valence electrons. The highest BCUT2D eigenvalue weighted by Gasteiger charge is 2.47. The zero-order chi connectivity index (χ0) is 25.6. The van der Waals surface area contributed by atoms with Crippen LogP contribution in [0, 0.1) is 18.8 Å². The molecular formula is C25H27FN8O2. The molecule has 0 radical (unpaired) electrons. The summed E-state index contributed by atoms with van der Waals surface area (Å²) in [5.74, 6) is 0.466. The first-order valence-corrected chi connectivity index (χ1v) is 11.6. The maximum Gasteiger partial charge on any atom is 0.261 e. The number of aryl methyl sites for hydroxylation is 1. The van der Waals surface area contributed by atoms with Crippen LogP contribution < -0.4 is 5.73 Å². The Labute approximate surface area is 207 Å². The molecule has 2 N–H and O–H groups in total. The molecule has 10 nitrogen and oxygen atoms in total. The highest BCUT2D eigenvalue weighted by Crippen LogP contribution is 2.50. The second kappa shape index (κ2) is 8.81. The smallest absolute Gasteiger partial charge is 0.261 e. The van der Waals surface area contributed by atoms with E-state index < -0.39 is 11.4 Å². The molecule has 1 fully saturated rings. The molecule has 0 bridgehead atoms. The molecule has 11 heteroatoms. The Hall–Kier alpha value is -4.15. The molecule has 5 rings (SSSR count). The van der Waals surface area contributed by atoms with Gasteiger partial charge >= 0.3 is 0 Å². The molecule has 0 aliphatic heterocycles. The van der Waals surface area contributed by atoms with E-state index in [9.17, 15) is 9.18 Å². The van der Waals surface area contributed by atoms with E-state index in [2.05, 4.69) is 27.1 Å². The van der Waals surface area contributed by atoms with Gasteiger partial charge in [-0.05, 0) is 43.7 Å². The number of halogens is 1. The summed E-state index contributed by atoms with van der Waals surface area (Å²) in [5.41, 5.74) is 8.20. The van der Waals surface area contributed by atoms with E-state index in [1.165, 1.54) is 4.90 Å². The van der Waals surface area contributed by atoms with Crippen molar-refractivity contribution < 1.29 is 13.7 Å². The molecule has 3 heterocycles. The monoisotopic (exact) mass is 490 g/mol. The predicted octanol–water partition coefficient (Wildman–Crippen LogP) is 3.22. The lowest BCUT2D eigenvalue weighted by atomic mass is 9.76. The van der Waals surface area contributed by atoms with Gasteiger partial charge in [-0.25, -0.2) is 4.98 Å². The Bertz CT molecular complexity index is 1400. The largest absolute Gasteiger partial charge is 0.368 e. The lowest BCUT2D eigenvalue weighted by molar-refractivity contribution is -0.129. The van der Waals surface area contributed by atoms with Crippen molar-refractivity contribution in [2.45, 2.75) is 38.6 Å². The van der Waals surface area contributed by atoms with E-state index in [1.807, 2.05) is 24.3 Å². The van der Waals surface area contributed by atoms with Gasteiger partial charge in [-0.1, -0.05) is 29.4 Å². The van der Waals surface area contributed by atoms with Gasteiger partial charge in [0.05, 0.1) is 28.4 Å². The fourth-order valence-corrected chi connectivity index (χ4v) is 4.47. The minimum absolute atomic E-state index is 0.0683. The van der Waals surface area contributed by atoms with E-state index >= 15 is 0 Å². The van der Waals surface area contributed by atoms with Crippen LogP contribution in [0.15, 0.2) is 41.2 Å². The number of benzene rings is 1. The molecule has 1 aromatic carbocycles. The quantitative estimate of drug-likeness (QED) is 0.391. The van der Waals surface area contributed by atoms with Gasteiger partial charge in [0.2, 0.25) is 17.8 Å².